The fourth-order valence-electron chi connectivity index (χ4n) is 3.77. The van der Waals surface area contributed by atoms with E-state index in [4.69, 9.17) is 0 Å². The minimum atomic E-state index is 0.698. The van der Waals surface area contributed by atoms with Crippen LogP contribution < -0.4 is 0 Å². The zero-order valence-corrected chi connectivity index (χ0v) is 18.5. The van der Waals surface area contributed by atoms with Crippen molar-refractivity contribution in [3.63, 3.8) is 0 Å². The Balaban J connectivity index is 1.74. The highest BCUT2D eigenvalue weighted by Crippen LogP contribution is 2.13. The Morgan fingerprint density at radius 1 is 0.679 bits per heavy atom. The first-order chi connectivity index (χ1) is 13.9. The van der Waals surface area contributed by atoms with Crippen molar-refractivity contribution in [2.45, 2.75) is 122 Å². The van der Waals surface area contributed by atoms with Crippen molar-refractivity contribution in [2.24, 2.45) is 0 Å². The lowest BCUT2D eigenvalue weighted by atomic mass is 10.0. The van der Waals surface area contributed by atoms with Crippen LogP contribution in [0.25, 0.3) is 0 Å². The molecule has 0 bridgehead atoms. The third-order valence-electron chi connectivity index (χ3n) is 5.60. The van der Waals surface area contributed by atoms with E-state index in [1.165, 1.54) is 115 Å². The topological polar surface area (TPSA) is 32.9 Å². The van der Waals surface area contributed by atoms with Gasteiger partial charge in [0.15, 0.2) is 6.29 Å². The Labute approximate surface area is 174 Å². The molecule has 1 heterocycles. The number of carbonyl (C=O) groups excluding carboxylic acids is 1. The van der Waals surface area contributed by atoms with Crippen molar-refractivity contribution in [3.05, 3.63) is 35.7 Å². The van der Waals surface area contributed by atoms with Gasteiger partial charge in [-0.1, -0.05) is 96.1 Å². The van der Waals surface area contributed by atoms with Gasteiger partial charge in [-0.25, -0.2) is 0 Å². The molecule has 2 nitrogen and oxygen atoms in total. The van der Waals surface area contributed by atoms with Gasteiger partial charge >= 0.3 is 0 Å². The summed E-state index contributed by atoms with van der Waals surface area (Å²) in [4.78, 5) is 13.8. The van der Waals surface area contributed by atoms with Crippen molar-refractivity contribution in [3.8, 4) is 0 Å². The molecule has 0 spiro atoms. The maximum atomic E-state index is 10.6. The van der Waals surface area contributed by atoms with Crippen LogP contribution >= 0.6 is 0 Å². The highest BCUT2D eigenvalue weighted by Gasteiger charge is 1.98. The molecule has 1 N–H and O–H groups in total. The van der Waals surface area contributed by atoms with Crippen LogP contribution in [0.3, 0.4) is 0 Å². The quantitative estimate of drug-likeness (QED) is 0.136. The highest BCUT2D eigenvalue weighted by molar-refractivity contribution is 5.71. The molecule has 0 aromatic carbocycles. The summed E-state index contributed by atoms with van der Waals surface area (Å²) in [6, 6.07) is 3.91. The minimum absolute atomic E-state index is 0.698. The van der Waals surface area contributed by atoms with Crippen molar-refractivity contribution < 1.29 is 4.79 Å². The van der Waals surface area contributed by atoms with E-state index in [-0.39, 0.29) is 0 Å². The molecule has 1 aromatic heterocycles. The number of H-pyrrole nitrogens is 1. The van der Waals surface area contributed by atoms with Crippen LogP contribution in [-0.4, -0.2) is 11.3 Å². The Morgan fingerprint density at radius 3 is 1.68 bits per heavy atom. The molecule has 160 valence electrons. The van der Waals surface area contributed by atoms with E-state index < -0.39 is 0 Å². The second-order valence-corrected chi connectivity index (χ2v) is 8.31. The predicted octanol–water partition coefficient (Wildman–Crippen LogP) is 8.58. The molecule has 0 aliphatic heterocycles. The van der Waals surface area contributed by atoms with E-state index in [9.17, 15) is 4.79 Å². The zero-order chi connectivity index (χ0) is 20.1. The molecule has 0 aliphatic carbocycles. The third-order valence-corrected chi connectivity index (χ3v) is 5.60. The van der Waals surface area contributed by atoms with Gasteiger partial charge in [0, 0.05) is 5.69 Å². The number of allylic oxidation sites excluding steroid dienone is 2. The molecular weight excluding hydrogens is 342 g/mol. The summed E-state index contributed by atoms with van der Waals surface area (Å²) >= 11 is 0. The van der Waals surface area contributed by atoms with Gasteiger partial charge in [-0.2, -0.15) is 0 Å². The smallest absolute Gasteiger partial charge is 0.166 e. The van der Waals surface area contributed by atoms with Crippen LogP contribution in [-0.2, 0) is 6.42 Å². The van der Waals surface area contributed by atoms with Gasteiger partial charge in [0.1, 0.15) is 0 Å². The number of aromatic amines is 1. The standard InChI is InChI=1S/C26H45NO/c1-2-3-4-5-6-7-8-9-10-11-12-13-14-15-16-17-18-19-20-21-25-22-23-26(24-28)27-25/h7-8,22-24,27H,2-6,9-21H2,1H3/b8-7-. The van der Waals surface area contributed by atoms with Gasteiger partial charge < -0.3 is 4.98 Å². The molecule has 1 aromatic rings. The number of rotatable bonds is 20. The normalized spacial score (nSPS) is 11.5. The summed E-state index contributed by atoms with van der Waals surface area (Å²) in [5.41, 5.74) is 1.90. The van der Waals surface area contributed by atoms with Crippen LogP contribution in [0.5, 0.6) is 0 Å². The maximum absolute atomic E-state index is 10.6. The SMILES string of the molecule is CCCCCC/C=C\CCCCCCCCCCCCCc1ccc(C=O)[nH]1. The molecule has 2 heteroatoms. The molecule has 28 heavy (non-hydrogen) atoms. The lowest BCUT2D eigenvalue weighted by molar-refractivity contribution is 0.111. The second-order valence-electron chi connectivity index (χ2n) is 8.31. The Bertz CT molecular complexity index is 488. The lowest BCUT2D eigenvalue weighted by Crippen LogP contribution is -1.88. The summed E-state index contributed by atoms with van der Waals surface area (Å²) in [6.07, 6.45) is 30.0. The van der Waals surface area contributed by atoms with Gasteiger partial charge in [-0.3, -0.25) is 4.79 Å². The van der Waals surface area contributed by atoms with Crippen LogP contribution in [0.1, 0.15) is 132 Å². The molecule has 0 fully saturated rings. The van der Waals surface area contributed by atoms with Crippen LogP contribution in [0, 0.1) is 0 Å². The van der Waals surface area contributed by atoms with Crippen molar-refractivity contribution in [2.75, 3.05) is 0 Å². The lowest BCUT2D eigenvalue weighted by Gasteiger charge is -2.03. The van der Waals surface area contributed by atoms with E-state index in [1.807, 2.05) is 12.1 Å². The van der Waals surface area contributed by atoms with Crippen LogP contribution in [0.15, 0.2) is 24.3 Å². The minimum Gasteiger partial charge on any atom is -0.356 e. The predicted molar refractivity (Wildman–Crippen MR) is 123 cm³/mol. The Kier molecular flexibility index (Phi) is 16.8. The van der Waals surface area contributed by atoms with Crippen LogP contribution in [0.2, 0.25) is 0 Å². The first-order valence-electron chi connectivity index (χ1n) is 12.1. The molecule has 0 amide bonds. The third kappa shape index (κ3) is 14.7. The summed E-state index contributed by atoms with van der Waals surface area (Å²) in [5.74, 6) is 0. The molecule has 0 saturated heterocycles. The van der Waals surface area contributed by atoms with E-state index in [1.54, 1.807) is 0 Å². The fourth-order valence-corrected chi connectivity index (χ4v) is 3.77. The second kappa shape index (κ2) is 19.0. The number of aldehydes is 1. The molecule has 0 radical (unpaired) electrons. The number of nitrogens with one attached hydrogen (secondary N) is 1. The van der Waals surface area contributed by atoms with E-state index in [0.717, 1.165) is 12.7 Å². The van der Waals surface area contributed by atoms with Gasteiger partial charge in [0.05, 0.1) is 5.69 Å². The number of hydrogen-bond donors (Lipinski definition) is 1. The number of unbranched alkanes of at least 4 members (excludes halogenated alkanes) is 15. The van der Waals surface area contributed by atoms with E-state index >= 15 is 0 Å². The Morgan fingerprint density at radius 2 is 1.18 bits per heavy atom. The molecule has 0 atom stereocenters. The summed E-state index contributed by atoms with van der Waals surface area (Å²) < 4.78 is 0. The summed E-state index contributed by atoms with van der Waals surface area (Å²) in [7, 11) is 0. The molecule has 0 unspecified atom stereocenters. The van der Waals surface area contributed by atoms with Gasteiger partial charge in [0.25, 0.3) is 0 Å². The summed E-state index contributed by atoms with van der Waals surface area (Å²) in [5, 5.41) is 0. The van der Waals surface area contributed by atoms with E-state index in [2.05, 4.69) is 24.1 Å². The van der Waals surface area contributed by atoms with Gasteiger partial charge in [0.2, 0.25) is 0 Å². The fraction of sp³-hybridized carbons (Fsp3) is 0.731. The largest absolute Gasteiger partial charge is 0.356 e. The Hall–Kier alpha value is -1.31. The van der Waals surface area contributed by atoms with Crippen molar-refractivity contribution in [1.82, 2.24) is 4.98 Å². The molecule has 0 saturated carbocycles. The summed E-state index contributed by atoms with van der Waals surface area (Å²) in [6.45, 7) is 2.27. The number of carbonyl (C=O) groups is 1. The van der Waals surface area contributed by atoms with Gasteiger partial charge in [-0.15, -0.1) is 0 Å². The molecule has 0 aliphatic rings. The van der Waals surface area contributed by atoms with Gasteiger partial charge in [-0.05, 0) is 50.7 Å². The highest BCUT2D eigenvalue weighted by atomic mass is 16.1. The average molecular weight is 388 g/mol. The number of aryl methyl sites for hydroxylation is 1. The van der Waals surface area contributed by atoms with Crippen molar-refractivity contribution in [1.29, 1.82) is 0 Å². The van der Waals surface area contributed by atoms with Crippen LogP contribution in [0.4, 0.5) is 0 Å². The first-order valence-corrected chi connectivity index (χ1v) is 12.1. The number of hydrogen-bond acceptors (Lipinski definition) is 1. The number of aromatic nitrogens is 1. The maximum Gasteiger partial charge on any atom is 0.166 e. The molecule has 1 rings (SSSR count). The monoisotopic (exact) mass is 387 g/mol. The van der Waals surface area contributed by atoms with Crippen molar-refractivity contribution >= 4 is 6.29 Å². The van der Waals surface area contributed by atoms with E-state index in [0.29, 0.717) is 5.69 Å². The average Bonchev–Trinajstić information content (AvgIpc) is 3.18. The molecular formula is C26H45NO. The first kappa shape index (κ1) is 24.7. The zero-order valence-electron chi connectivity index (χ0n) is 18.5.